The van der Waals surface area contributed by atoms with Gasteiger partial charge in [0.1, 0.15) is 7.22 Å². The third-order valence-corrected chi connectivity index (χ3v) is 4.79. The molecule has 1 aromatic heterocycles. The molecule has 0 aliphatic carbocycles. The summed E-state index contributed by atoms with van der Waals surface area (Å²) >= 11 is 1.94. The van der Waals surface area contributed by atoms with E-state index in [0.717, 1.165) is 5.69 Å². The minimum Gasteiger partial charge on any atom is -0.247 e. The van der Waals surface area contributed by atoms with Crippen molar-refractivity contribution in [3.8, 4) is 0 Å². The van der Waals surface area contributed by atoms with E-state index < -0.39 is 7.22 Å². The number of hydrogen-bond donors (Lipinski definition) is 0. The van der Waals surface area contributed by atoms with E-state index in [0.29, 0.717) is 0 Å². The number of hydrogen-bond acceptors (Lipinski definition) is 2. The Labute approximate surface area is 79.3 Å². The van der Waals surface area contributed by atoms with Crippen LogP contribution in [0, 0.1) is 6.92 Å². The summed E-state index contributed by atoms with van der Waals surface area (Å²) in [5.41, 5.74) is 1.11. The SMILES string of the molecule is Cc1cccc(S[Si](C)(C)C)n1. The van der Waals surface area contributed by atoms with E-state index in [4.69, 9.17) is 0 Å². The second-order valence-corrected chi connectivity index (χ2v) is 13.0. The monoisotopic (exact) mass is 197 g/mol. The van der Waals surface area contributed by atoms with Crippen LogP contribution in [0.15, 0.2) is 23.2 Å². The van der Waals surface area contributed by atoms with Gasteiger partial charge in [0, 0.05) is 5.69 Å². The third kappa shape index (κ3) is 3.41. The summed E-state index contributed by atoms with van der Waals surface area (Å²) < 4.78 is 0. The van der Waals surface area contributed by atoms with Gasteiger partial charge in [-0.3, -0.25) is 0 Å². The molecule has 0 radical (unpaired) electrons. The van der Waals surface area contributed by atoms with Crippen LogP contribution in [0.4, 0.5) is 0 Å². The molecule has 0 amide bonds. The van der Waals surface area contributed by atoms with E-state index in [1.807, 2.05) is 24.2 Å². The summed E-state index contributed by atoms with van der Waals surface area (Å²) in [5.74, 6) is 0. The quantitative estimate of drug-likeness (QED) is 0.675. The molecule has 0 saturated carbocycles. The Hall–Kier alpha value is -0.283. The van der Waals surface area contributed by atoms with Gasteiger partial charge in [-0.05, 0) is 19.1 Å². The Morgan fingerprint density at radius 1 is 1.25 bits per heavy atom. The molecule has 1 rings (SSSR count). The van der Waals surface area contributed by atoms with Crippen LogP contribution in [-0.4, -0.2) is 12.2 Å². The largest absolute Gasteiger partial charge is 0.247 e. The van der Waals surface area contributed by atoms with Crippen LogP contribution in [0.2, 0.25) is 19.6 Å². The van der Waals surface area contributed by atoms with Crippen molar-refractivity contribution < 1.29 is 0 Å². The molecule has 0 bridgehead atoms. The smallest absolute Gasteiger partial charge is 0.116 e. The van der Waals surface area contributed by atoms with Crippen LogP contribution in [-0.2, 0) is 0 Å². The highest BCUT2D eigenvalue weighted by Crippen LogP contribution is 2.26. The van der Waals surface area contributed by atoms with Gasteiger partial charge < -0.3 is 0 Å². The van der Waals surface area contributed by atoms with Gasteiger partial charge in [0.2, 0.25) is 0 Å². The lowest BCUT2D eigenvalue weighted by Crippen LogP contribution is -2.13. The van der Waals surface area contributed by atoms with Crippen LogP contribution < -0.4 is 0 Å². The molecule has 1 nitrogen and oxygen atoms in total. The van der Waals surface area contributed by atoms with Gasteiger partial charge >= 0.3 is 0 Å². The first-order valence-corrected chi connectivity index (χ1v) is 9.14. The fraction of sp³-hybridized carbons (Fsp3) is 0.444. The molecule has 0 aliphatic rings. The highest BCUT2D eigenvalue weighted by molar-refractivity contribution is 8.28. The number of nitrogens with zero attached hydrogens (tertiary/aromatic N) is 1. The van der Waals surface area contributed by atoms with Crippen molar-refractivity contribution >= 4 is 18.4 Å². The number of rotatable bonds is 2. The molecule has 0 unspecified atom stereocenters. The summed E-state index contributed by atoms with van der Waals surface area (Å²) in [4.78, 5) is 4.46. The molecule has 1 aromatic rings. The van der Waals surface area contributed by atoms with Gasteiger partial charge in [-0.1, -0.05) is 25.7 Å². The average Bonchev–Trinajstić information content (AvgIpc) is 1.82. The second kappa shape index (κ2) is 3.62. The molecule has 0 aliphatic heterocycles. The fourth-order valence-corrected chi connectivity index (χ4v) is 4.08. The van der Waals surface area contributed by atoms with Gasteiger partial charge in [-0.15, -0.1) is 11.2 Å². The topological polar surface area (TPSA) is 12.9 Å². The molecule has 12 heavy (non-hydrogen) atoms. The normalized spacial score (nSPS) is 11.7. The molecule has 0 spiro atoms. The van der Waals surface area contributed by atoms with Crippen molar-refractivity contribution in [1.29, 1.82) is 0 Å². The van der Waals surface area contributed by atoms with E-state index in [1.54, 1.807) is 0 Å². The Morgan fingerprint density at radius 2 is 1.92 bits per heavy atom. The Morgan fingerprint density at radius 3 is 2.42 bits per heavy atom. The number of pyridine rings is 1. The predicted molar refractivity (Wildman–Crippen MR) is 58.2 cm³/mol. The molecule has 0 atom stereocenters. The van der Waals surface area contributed by atoms with Crippen molar-refractivity contribution in [3.63, 3.8) is 0 Å². The van der Waals surface area contributed by atoms with Crippen LogP contribution >= 0.6 is 11.2 Å². The van der Waals surface area contributed by atoms with Gasteiger partial charge in [-0.25, -0.2) is 4.98 Å². The summed E-state index contributed by atoms with van der Waals surface area (Å²) in [6.45, 7) is 9.04. The summed E-state index contributed by atoms with van der Waals surface area (Å²) in [6, 6.07) is 6.20. The third-order valence-electron chi connectivity index (χ3n) is 1.27. The summed E-state index contributed by atoms with van der Waals surface area (Å²) in [5, 5.41) is 1.18. The van der Waals surface area contributed by atoms with Crippen LogP contribution in [0.25, 0.3) is 0 Å². The zero-order valence-corrected chi connectivity index (χ0v) is 9.90. The van der Waals surface area contributed by atoms with E-state index in [2.05, 4.69) is 36.8 Å². The Balaban J connectivity index is 2.77. The summed E-state index contributed by atoms with van der Waals surface area (Å²) in [7, 11) is -1.07. The molecular formula is C9H15NSSi. The zero-order chi connectivity index (χ0) is 9.19. The number of aryl methyl sites for hydroxylation is 1. The first-order valence-electron chi connectivity index (χ1n) is 4.10. The van der Waals surface area contributed by atoms with Gasteiger partial charge in [0.15, 0.2) is 0 Å². The van der Waals surface area contributed by atoms with Crippen molar-refractivity contribution in [2.45, 2.75) is 31.6 Å². The Kier molecular flexibility index (Phi) is 2.96. The Bertz CT molecular complexity index is 267. The first kappa shape index (κ1) is 9.80. The van der Waals surface area contributed by atoms with E-state index >= 15 is 0 Å². The standard InChI is InChI=1S/C9H15NSSi/c1-8-6-5-7-9(10-8)11-12(2,3)4/h5-7H,1-4H3. The molecular weight excluding hydrogens is 182 g/mol. The fourth-order valence-electron chi connectivity index (χ4n) is 0.889. The maximum atomic E-state index is 4.46. The highest BCUT2D eigenvalue weighted by atomic mass is 32.4. The van der Waals surface area contributed by atoms with E-state index in [1.165, 1.54) is 5.03 Å². The first-order chi connectivity index (χ1) is 5.47. The lowest BCUT2D eigenvalue weighted by atomic mass is 10.4. The van der Waals surface area contributed by atoms with Crippen molar-refractivity contribution in [2.24, 2.45) is 0 Å². The zero-order valence-electron chi connectivity index (χ0n) is 8.09. The summed E-state index contributed by atoms with van der Waals surface area (Å²) in [6.07, 6.45) is 0. The molecule has 3 heteroatoms. The van der Waals surface area contributed by atoms with E-state index in [-0.39, 0.29) is 0 Å². The maximum Gasteiger partial charge on any atom is 0.116 e. The van der Waals surface area contributed by atoms with Crippen molar-refractivity contribution in [1.82, 2.24) is 4.98 Å². The van der Waals surface area contributed by atoms with Gasteiger partial charge in [0.25, 0.3) is 0 Å². The van der Waals surface area contributed by atoms with Crippen LogP contribution in [0.3, 0.4) is 0 Å². The second-order valence-electron chi connectivity index (χ2n) is 3.83. The minimum absolute atomic E-state index is 1.07. The molecule has 0 saturated heterocycles. The molecule has 0 fully saturated rings. The predicted octanol–water partition coefficient (Wildman–Crippen LogP) is 3.32. The van der Waals surface area contributed by atoms with Crippen molar-refractivity contribution in [3.05, 3.63) is 23.9 Å². The molecule has 0 N–H and O–H groups in total. The molecule has 1 heterocycles. The van der Waals surface area contributed by atoms with Gasteiger partial charge in [0.05, 0.1) is 5.03 Å². The lowest BCUT2D eigenvalue weighted by molar-refractivity contribution is 1.07. The maximum absolute atomic E-state index is 4.46. The lowest BCUT2D eigenvalue weighted by Gasteiger charge is -2.14. The van der Waals surface area contributed by atoms with Crippen LogP contribution in [0.1, 0.15) is 5.69 Å². The van der Waals surface area contributed by atoms with Crippen LogP contribution in [0.5, 0.6) is 0 Å². The molecule has 66 valence electrons. The minimum atomic E-state index is -1.07. The van der Waals surface area contributed by atoms with Gasteiger partial charge in [-0.2, -0.15) is 0 Å². The number of aromatic nitrogens is 1. The van der Waals surface area contributed by atoms with Crippen molar-refractivity contribution in [2.75, 3.05) is 0 Å². The van der Waals surface area contributed by atoms with E-state index in [9.17, 15) is 0 Å². The average molecular weight is 197 g/mol. The highest BCUT2D eigenvalue weighted by Gasteiger charge is 2.15. The molecule has 0 aromatic carbocycles.